The molecule has 0 N–H and O–H groups in total. The Hall–Kier alpha value is 0.0700. The van der Waals surface area contributed by atoms with Gasteiger partial charge in [0.2, 0.25) is 5.79 Å². The Morgan fingerprint density at radius 2 is 2.17 bits per heavy atom. The molecule has 1 saturated carbocycles. The third-order valence-corrected chi connectivity index (χ3v) is 3.59. The van der Waals surface area contributed by atoms with Gasteiger partial charge in [-0.2, -0.15) is 0 Å². The van der Waals surface area contributed by atoms with Crippen molar-refractivity contribution in [2.75, 3.05) is 0 Å². The minimum Gasteiger partial charge on any atom is -0.457 e. The van der Waals surface area contributed by atoms with E-state index in [1.54, 1.807) is 6.26 Å². The van der Waals surface area contributed by atoms with E-state index < -0.39 is 5.79 Å². The molecule has 0 atom stereocenters. The van der Waals surface area contributed by atoms with Gasteiger partial charge in [0.1, 0.15) is 12.0 Å². The summed E-state index contributed by atoms with van der Waals surface area (Å²) in [6.07, 6.45) is 5.42. The van der Waals surface area contributed by atoms with E-state index in [2.05, 4.69) is 22.6 Å². The van der Waals surface area contributed by atoms with Crippen LogP contribution in [-0.4, -0.2) is 9.21 Å². The summed E-state index contributed by atoms with van der Waals surface area (Å²) in [4.78, 5) is 0. The summed E-state index contributed by atoms with van der Waals surface area (Å²) in [5.41, 5.74) is 0. The molecule has 3 heteroatoms. The second-order valence-electron chi connectivity index (χ2n) is 4.03. The topological polar surface area (TPSA) is 18.5 Å². The summed E-state index contributed by atoms with van der Waals surface area (Å²) in [5.74, 6) is 0.573. The van der Waals surface area contributed by atoms with Crippen LogP contribution < -0.4 is 0 Å². The first-order valence-corrected chi connectivity index (χ1v) is 5.32. The van der Waals surface area contributed by atoms with Crippen molar-refractivity contribution in [2.45, 2.75) is 42.3 Å². The summed E-state index contributed by atoms with van der Waals surface area (Å²) >= 11 is 2.51. The van der Waals surface area contributed by atoms with Crippen molar-refractivity contribution in [3.05, 3.63) is 12.0 Å². The summed E-state index contributed by atoms with van der Waals surface area (Å²) in [5, 5.41) is 0. The SMILES string of the molecule is CC1(C)OC=C(CC2(I)CC2)O1. The van der Waals surface area contributed by atoms with Crippen molar-refractivity contribution < 1.29 is 9.47 Å². The summed E-state index contributed by atoms with van der Waals surface area (Å²) in [6, 6.07) is 0. The van der Waals surface area contributed by atoms with Gasteiger partial charge in [0.15, 0.2) is 0 Å². The van der Waals surface area contributed by atoms with Crippen LogP contribution in [0.2, 0.25) is 0 Å². The largest absolute Gasteiger partial charge is 0.457 e. The maximum atomic E-state index is 5.60. The van der Waals surface area contributed by atoms with Crippen LogP contribution in [0.5, 0.6) is 0 Å². The number of allylic oxidation sites excluding steroid dienone is 1. The zero-order valence-electron chi connectivity index (χ0n) is 7.39. The normalized spacial score (nSPS) is 28.8. The Bertz CT molecular complexity index is 229. The molecule has 1 heterocycles. The maximum Gasteiger partial charge on any atom is 0.244 e. The molecule has 2 aliphatic rings. The minimum atomic E-state index is -0.433. The predicted molar refractivity (Wildman–Crippen MR) is 54.9 cm³/mol. The fourth-order valence-electron chi connectivity index (χ4n) is 1.27. The Morgan fingerprint density at radius 1 is 1.50 bits per heavy atom. The van der Waals surface area contributed by atoms with Crippen LogP contribution in [0.3, 0.4) is 0 Å². The van der Waals surface area contributed by atoms with Gasteiger partial charge in [-0.1, -0.05) is 22.6 Å². The van der Waals surface area contributed by atoms with E-state index >= 15 is 0 Å². The van der Waals surface area contributed by atoms with Crippen LogP contribution in [0.25, 0.3) is 0 Å². The quantitative estimate of drug-likeness (QED) is 0.572. The lowest BCUT2D eigenvalue weighted by Gasteiger charge is -2.18. The number of hydrogen-bond donors (Lipinski definition) is 0. The van der Waals surface area contributed by atoms with Gasteiger partial charge in [0, 0.05) is 23.7 Å². The van der Waals surface area contributed by atoms with E-state index in [9.17, 15) is 0 Å². The third-order valence-electron chi connectivity index (χ3n) is 2.13. The molecular weight excluding hydrogens is 267 g/mol. The van der Waals surface area contributed by atoms with Gasteiger partial charge < -0.3 is 9.47 Å². The second-order valence-corrected chi connectivity index (χ2v) is 6.32. The van der Waals surface area contributed by atoms with Gasteiger partial charge in [-0.05, 0) is 12.8 Å². The number of rotatable bonds is 2. The minimum absolute atomic E-state index is 0.433. The monoisotopic (exact) mass is 280 g/mol. The van der Waals surface area contributed by atoms with Crippen LogP contribution in [-0.2, 0) is 9.47 Å². The Balaban J connectivity index is 1.91. The molecule has 0 spiro atoms. The predicted octanol–water partition coefficient (Wildman–Crippen LogP) is 2.97. The summed E-state index contributed by atoms with van der Waals surface area (Å²) < 4.78 is 11.4. The van der Waals surface area contributed by atoms with E-state index in [1.165, 1.54) is 12.8 Å². The average Bonchev–Trinajstić information content (AvgIpc) is 2.53. The lowest BCUT2D eigenvalue weighted by atomic mass is 10.2. The Labute approximate surface area is 86.4 Å². The highest BCUT2D eigenvalue weighted by Gasteiger charge is 2.43. The van der Waals surface area contributed by atoms with E-state index in [0.29, 0.717) is 3.42 Å². The molecular formula is C9H13IO2. The number of hydrogen-bond acceptors (Lipinski definition) is 2. The maximum absolute atomic E-state index is 5.60. The molecule has 1 aliphatic heterocycles. The zero-order chi connectivity index (χ0) is 8.82. The Kier molecular flexibility index (Phi) is 1.82. The second kappa shape index (κ2) is 2.53. The van der Waals surface area contributed by atoms with E-state index in [4.69, 9.17) is 9.47 Å². The average molecular weight is 280 g/mol. The van der Waals surface area contributed by atoms with Crippen LogP contribution in [0.1, 0.15) is 33.1 Å². The fraction of sp³-hybridized carbons (Fsp3) is 0.778. The van der Waals surface area contributed by atoms with Gasteiger partial charge in [0.25, 0.3) is 0 Å². The van der Waals surface area contributed by atoms with Gasteiger partial charge in [-0.25, -0.2) is 0 Å². The van der Waals surface area contributed by atoms with Crippen molar-refractivity contribution in [1.82, 2.24) is 0 Å². The molecule has 0 bridgehead atoms. The first kappa shape index (κ1) is 8.66. The molecule has 12 heavy (non-hydrogen) atoms. The van der Waals surface area contributed by atoms with Crippen LogP contribution in [0, 0.1) is 0 Å². The molecule has 68 valence electrons. The van der Waals surface area contributed by atoms with Gasteiger partial charge >= 0.3 is 0 Å². The van der Waals surface area contributed by atoms with Gasteiger partial charge in [-0.3, -0.25) is 0 Å². The molecule has 2 rings (SSSR count). The standard InChI is InChI=1S/C9H13IO2/c1-8(2)11-6-7(12-8)5-9(10)3-4-9/h6H,3-5H2,1-2H3. The third kappa shape index (κ3) is 1.87. The molecule has 2 nitrogen and oxygen atoms in total. The highest BCUT2D eigenvalue weighted by Crippen LogP contribution is 2.50. The van der Waals surface area contributed by atoms with E-state index in [0.717, 1.165) is 12.2 Å². The highest BCUT2D eigenvalue weighted by molar-refractivity contribution is 14.1. The molecule has 0 saturated heterocycles. The molecule has 0 amide bonds. The molecule has 0 aromatic heterocycles. The van der Waals surface area contributed by atoms with Gasteiger partial charge in [0.05, 0.1) is 0 Å². The zero-order valence-corrected chi connectivity index (χ0v) is 9.55. The van der Waals surface area contributed by atoms with Crippen LogP contribution >= 0.6 is 22.6 Å². The molecule has 0 aromatic rings. The first-order valence-electron chi connectivity index (χ1n) is 4.24. The molecule has 1 aliphatic carbocycles. The number of ether oxygens (including phenoxy) is 2. The van der Waals surface area contributed by atoms with Gasteiger partial charge in [-0.15, -0.1) is 0 Å². The molecule has 0 radical (unpaired) electrons. The van der Waals surface area contributed by atoms with Crippen molar-refractivity contribution in [3.63, 3.8) is 0 Å². The molecule has 0 unspecified atom stereocenters. The van der Waals surface area contributed by atoms with E-state index in [-0.39, 0.29) is 0 Å². The fourth-order valence-corrected chi connectivity index (χ4v) is 1.92. The Morgan fingerprint density at radius 3 is 2.58 bits per heavy atom. The smallest absolute Gasteiger partial charge is 0.244 e. The first-order chi connectivity index (χ1) is 5.49. The van der Waals surface area contributed by atoms with E-state index in [1.807, 2.05) is 13.8 Å². The number of halogens is 1. The number of alkyl halides is 1. The van der Waals surface area contributed by atoms with Crippen LogP contribution in [0.15, 0.2) is 12.0 Å². The molecule has 0 aromatic carbocycles. The lowest BCUT2D eigenvalue weighted by Crippen LogP contribution is -2.20. The van der Waals surface area contributed by atoms with Crippen molar-refractivity contribution in [3.8, 4) is 0 Å². The summed E-state index contributed by atoms with van der Waals surface area (Å²) in [7, 11) is 0. The lowest BCUT2D eigenvalue weighted by molar-refractivity contribution is -0.117. The summed E-state index contributed by atoms with van der Waals surface area (Å²) in [6.45, 7) is 3.87. The van der Waals surface area contributed by atoms with Crippen molar-refractivity contribution >= 4 is 22.6 Å². The van der Waals surface area contributed by atoms with Crippen LogP contribution in [0.4, 0.5) is 0 Å². The highest BCUT2D eigenvalue weighted by atomic mass is 127. The van der Waals surface area contributed by atoms with Crippen molar-refractivity contribution in [1.29, 1.82) is 0 Å². The molecule has 1 fully saturated rings. The van der Waals surface area contributed by atoms with Crippen molar-refractivity contribution in [2.24, 2.45) is 0 Å².